The maximum Gasteiger partial charge on any atom is 0.236 e. The van der Waals surface area contributed by atoms with E-state index in [-0.39, 0.29) is 30.7 Å². The van der Waals surface area contributed by atoms with Gasteiger partial charge >= 0.3 is 0 Å². The Morgan fingerprint density at radius 3 is 2.96 bits per heavy atom. The number of thiophene rings is 1. The Kier molecular flexibility index (Phi) is 5.45. The Morgan fingerprint density at radius 2 is 2.18 bits per heavy atom. The SMILES string of the molecule is O=C(NCc1coc(-c2cccs2)n1)C1CC(=O)N(Cc2ccccc2Cl)C1. The molecular weight excluding hydrogens is 398 g/mol. The number of carbonyl (C=O) groups excluding carboxylic acids is 2. The quantitative estimate of drug-likeness (QED) is 0.665. The van der Waals surface area contributed by atoms with Crippen LogP contribution >= 0.6 is 22.9 Å². The standard InChI is InChI=1S/C20H18ClN3O3S/c21-16-5-2-1-4-13(16)10-24-11-14(8-18(24)25)19(26)22-9-15-12-27-20(23-15)17-6-3-7-28-17/h1-7,12,14H,8-11H2,(H,22,26). The highest BCUT2D eigenvalue weighted by atomic mass is 35.5. The molecule has 3 heterocycles. The summed E-state index contributed by atoms with van der Waals surface area (Å²) in [6.07, 6.45) is 1.74. The van der Waals surface area contributed by atoms with Crippen molar-refractivity contribution >= 4 is 34.8 Å². The number of aromatic nitrogens is 1. The number of halogens is 1. The van der Waals surface area contributed by atoms with Gasteiger partial charge in [-0.3, -0.25) is 9.59 Å². The van der Waals surface area contributed by atoms with Gasteiger partial charge in [0.15, 0.2) is 0 Å². The minimum Gasteiger partial charge on any atom is -0.443 e. The van der Waals surface area contributed by atoms with Crippen LogP contribution in [0, 0.1) is 5.92 Å². The molecule has 0 bridgehead atoms. The monoisotopic (exact) mass is 415 g/mol. The number of hydrogen-bond donors (Lipinski definition) is 1. The first-order valence-electron chi connectivity index (χ1n) is 8.87. The van der Waals surface area contributed by atoms with Crippen LogP contribution in [0.5, 0.6) is 0 Å². The molecule has 1 fully saturated rings. The molecule has 1 aliphatic heterocycles. The maximum atomic E-state index is 12.5. The molecule has 4 rings (SSSR count). The summed E-state index contributed by atoms with van der Waals surface area (Å²) in [6.45, 7) is 1.06. The van der Waals surface area contributed by atoms with E-state index in [0.29, 0.717) is 29.7 Å². The van der Waals surface area contributed by atoms with Crippen LogP contribution in [-0.2, 0) is 22.7 Å². The van der Waals surface area contributed by atoms with Gasteiger partial charge in [-0.15, -0.1) is 11.3 Å². The second-order valence-corrected chi connectivity index (χ2v) is 7.96. The lowest BCUT2D eigenvalue weighted by molar-refractivity contribution is -0.129. The van der Waals surface area contributed by atoms with Crippen LogP contribution in [0.2, 0.25) is 5.02 Å². The molecular formula is C20H18ClN3O3S. The average molecular weight is 416 g/mol. The van der Waals surface area contributed by atoms with Crippen molar-refractivity contribution in [2.45, 2.75) is 19.5 Å². The van der Waals surface area contributed by atoms with Gasteiger partial charge in [-0.05, 0) is 23.1 Å². The van der Waals surface area contributed by atoms with Gasteiger partial charge in [0, 0.05) is 24.5 Å². The summed E-state index contributed by atoms with van der Waals surface area (Å²) in [5, 5.41) is 5.42. The second-order valence-electron chi connectivity index (χ2n) is 6.61. The largest absolute Gasteiger partial charge is 0.443 e. The molecule has 0 spiro atoms. The smallest absolute Gasteiger partial charge is 0.236 e. The third kappa shape index (κ3) is 4.10. The van der Waals surface area contributed by atoms with Crippen LogP contribution in [0.1, 0.15) is 17.7 Å². The normalized spacial score (nSPS) is 16.5. The van der Waals surface area contributed by atoms with Gasteiger partial charge in [-0.2, -0.15) is 0 Å². The fourth-order valence-corrected chi connectivity index (χ4v) is 4.01. The van der Waals surface area contributed by atoms with Crippen molar-refractivity contribution in [1.82, 2.24) is 15.2 Å². The molecule has 1 aliphatic rings. The molecule has 1 atom stereocenters. The van der Waals surface area contributed by atoms with Gasteiger partial charge in [0.05, 0.1) is 23.0 Å². The zero-order chi connectivity index (χ0) is 19.5. The van der Waals surface area contributed by atoms with Gasteiger partial charge in [0.1, 0.15) is 6.26 Å². The molecule has 0 radical (unpaired) electrons. The summed E-state index contributed by atoms with van der Waals surface area (Å²) < 4.78 is 5.45. The molecule has 3 aromatic rings. The minimum absolute atomic E-state index is 0.0403. The number of amides is 2. The first-order chi connectivity index (χ1) is 13.6. The highest BCUT2D eigenvalue weighted by Crippen LogP contribution is 2.25. The topological polar surface area (TPSA) is 75.4 Å². The molecule has 144 valence electrons. The van der Waals surface area contributed by atoms with E-state index in [0.717, 1.165) is 10.4 Å². The minimum atomic E-state index is -0.376. The molecule has 2 aromatic heterocycles. The van der Waals surface area contributed by atoms with Crippen LogP contribution < -0.4 is 5.32 Å². The molecule has 2 amide bonds. The highest BCUT2D eigenvalue weighted by molar-refractivity contribution is 7.13. The van der Waals surface area contributed by atoms with Crippen molar-refractivity contribution in [1.29, 1.82) is 0 Å². The van der Waals surface area contributed by atoms with E-state index in [9.17, 15) is 9.59 Å². The lowest BCUT2D eigenvalue weighted by Gasteiger charge is -2.17. The average Bonchev–Trinajstić information content (AvgIpc) is 3.43. The second kappa shape index (κ2) is 8.16. The van der Waals surface area contributed by atoms with Crippen LogP contribution in [-0.4, -0.2) is 28.2 Å². The summed E-state index contributed by atoms with van der Waals surface area (Å²) in [5.74, 6) is -0.0305. The Hall–Kier alpha value is -2.64. The van der Waals surface area contributed by atoms with E-state index in [1.807, 2.05) is 35.7 Å². The molecule has 1 saturated heterocycles. The molecule has 8 heteroatoms. The van der Waals surface area contributed by atoms with Crippen molar-refractivity contribution < 1.29 is 14.0 Å². The van der Waals surface area contributed by atoms with Gasteiger partial charge in [0.25, 0.3) is 0 Å². The summed E-state index contributed by atoms with van der Waals surface area (Å²) in [4.78, 5) is 31.8. The number of carbonyl (C=O) groups is 2. The fraction of sp³-hybridized carbons (Fsp3) is 0.250. The molecule has 1 aromatic carbocycles. The van der Waals surface area contributed by atoms with Crippen molar-refractivity contribution in [3.8, 4) is 10.8 Å². The van der Waals surface area contributed by atoms with Gasteiger partial charge in [-0.25, -0.2) is 4.98 Å². The number of hydrogen-bond acceptors (Lipinski definition) is 5. The Balaban J connectivity index is 1.32. The molecule has 0 aliphatic carbocycles. The molecule has 1 unspecified atom stereocenters. The van der Waals surface area contributed by atoms with E-state index in [4.69, 9.17) is 16.0 Å². The van der Waals surface area contributed by atoms with Crippen molar-refractivity contribution in [2.75, 3.05) is 6.54 Å². The summed E-state index contributed by atoms with van der Waals surface area (Å²) in [5.41, 5.74) is 1.52. The fourth-order valence-electron chi connectivity index (χ4n) is 3.16. The van der Waals surface area contributed by atoms with E-state index in [2.05, 4.69) is 10.3 Å². The van der Waals surface area contributed by atoms with Crippen LogP contribution in [0.3, 0.4) is 0 Å². The van der Waals surface area contributed by atoms with E-state index >= 15 is 0 Å². The third-order valence-electron chi connectivity index (χ3n) is 4.63. The number of rotatable bonds is 6. The zero-order valence-electron chi connectivity index (χ0n) is 14.9. The molecule has 0 saturated carbocycles. The summed E-state index contributed by atoms with van der Waals surface area (Å²) in [6, 6.07) is 11.3. The van der Waals surface area contributed by atoms with Crippen molar-refractivity contribution in [3.05, 3.63) is 64.3 Å². The number of benzene rings is 1. The zero-order valence-corrected chi connectivity index (χ0v) is 16.5. The number of nitrogens with one attached hydrogen (secondary N) is 1. The molecule has 28 heavy (non-hydrogen) atoms. The van der Waals surface area contributed by atoms with Crippen LogP contribution in [0.25, 0.3) is 10.8 Å². The number of oxazole rings is 1. The Bertz CT molecular complexity index is 986. The Labute approximate surface area is 171 Å². The molecule has 6 nitrogen and oxygen atoms in total. The van der Waals surface area contributed by atoms with E-state index < -0.39 is 0 Å². The summed E-state index contributed by atoms with van der Waals surface area (Å²) in [7, 11) is 0. The van der Waals surface area contributed by atoms with E-state index in [1.54, 1.807) is 28.6 Å². The maximum absolute atomic E-state index is 12.5. The van der Waals surface area contributed by atoms with Crippen LogP contribution in [0.15, 0.2) is 52.5 Å². The number of likely N-dealkylation sites (tertiary alicyclic amines) is 1. The third-order valence-corrected chi connectivity index (χ3v) is 5.86. The van der Waals surface area contributed by atoms with Crippen LogP contribution in [0.4, 0.5) is 0 Å². The predicted molar refractivity (Wildman–Crippen MR) is 107 cm³/mol. The van der Waals surface area contributed by atoms with Crippen molar-refractivity contribution in [3.63, 3.8) is 0 Å². The van der Waals surface area contributed by atoms with Gasteiger partial charge in [-0.1, -0.05) is 35.9 Å². The van der Waals surface area contributed by atoms with Gasteiger partial charge < -0.3 is 14.6 Å². The number of nitrogens with zero attached hydrogens (tertiary/aromatic N) is 2. The first kappa shape index (κ1) is 18.7. The molecule has 1 N–H and O–H groups in total. The summed E-state index contributed by atoms with van der Waals surface area (Å²) >= 11 is 7.71. The van der Waals surface area contributed by atoms with E-state index in [1.165, 1.54) is 0 Å². The predicted octanol–water partition coefficient (Wildman–Crippen LogP) is 3.72. The Morgan fingerprint density at radius 1 is 1.32 bits per heavy atom. The first-order valence-corrected chi connectivity index (χ1v) is 10.1. The van der Waals surface area contributed by atoms with Gasteiger partial charge in [0.2, 0.25) is 17.7 Å². The lowest BCUT2D eigenvalue weighted by atomic mass is 10.1. The van der Waals surface area contributed by atoms with Crippen molar-refractivity contribution in [2.24, 2.45) is 5.92 Å². The highest BCUT2D eigenvalue weighted by Gasteiger charge is 2.34. The lowest BCUT2D eigenvalue weighted by Crippen LogP contribution is -2.32.